The van der Waals surface area contributed by atoms with Crippen molar-refractivity contribution in [2.75, 3.05) is 32.1 Å². The average Bonchev–Trinajstić information content (AvgIpc) is 3.10. The third-order valence-corrected chi connectivity index (χ3v) is 4.62. The Kier molecular flexibility index (Phi) is 4.65. The number of hydrogen-bond acceptors (Lipinski definition) is 3. The van der Waals surface area contributed by atoms with Crippen LogP contribution in [0.5, 0.6) is 0 Å². The van der Waals surface area contributed by atoms with Gasteiger partial charge in [0, 0.05) is 50.7 Å². The molecule has 1 amide bonds. The van der Waals surface area contributed by atoms with Crippen LogP contribution in [0.3, 0.4) is 0 Å². The van der Waals surface area contributed by atoms with E-state index in [1.165, 1.54) is 5.69 Å². The molecule has 1 saturated heterocycles. The minimum atomic E-state index is 0.227. The van der Waals surface area contributed by atoms with Crippen LogP contribution in [0.15, 0.2) is 36.5 Å². The maximum Gasteiger partial charge on any atom is 0.226 e. The number of nitrogens with one attached hydrogen (secondary N) is 1. The number of amides is 1. The van der Waals surface area contributed by atoms with Crippen molar-refractivity contribution in [3.8, 4) is 0 Å². The third-order valence-electron chi connectivity index (χ3n) is 4.62. The molecule has 1 aromatic carbocycles. The summed E-state index contributed by atoms with van der Waals surface area (Å²) in [6.45, 7) is 1.66. The van der Waals surface area contributed by atoms with E-state index in [-0.39, 0.29) is 5.91 Å². The van der Waals surface area contributed by atoms with Gasteiger partial charge in [-0.15, -0.1) is 0 Å². The van der Waals surface area contributed by atoms with E-state index in [1.54, 1.807) is 6.20 Å². The highest BCUT2D eigenvalue weighted by molar-refractivity contribution is 5.79. The molecule has 2 heterocycles. The molecule has 0 spiro atoms. The second kappa shape index (κ2) is 6.86. The van der Waals surface area contributed by atoms with Gasteiger partial charge < -0.3 is 9.80 Å². The molecule has 1 fully saturated rings. The smallest absolute Gasteiger partial charge is 0.226 e. The second-order valence-corrected chi connectivity index (χ2v) is 6.40. The number of benzene rings is 1. The van der Waals surface area contributed by atoms with E-state index in [2.05, 4.69) is 27.2 Å². The molecule has 0 bridgehead atoms. The van der Waals surface area contributed by atoms with Crippen molar-refractivity contribution in [2.45, 2.75) is 25.2 Å². The number of nitrogens with zero attached hydrogens (tertiary/aromatic N) is 3. The molecule has 0 radical (unpaired) electrons. The van der Waals surface area contributed by atoms with Gasteiger partial charge in [0.1, 0.15) is 0 Å². The van der Waals surface area contributed by atoms with Gasteiger partial charge in [0.25, 0.3) is 0 Å². The van der Waals surface area contributed by atoms with Crippen LogP contribution >= 0.6 is 0 Å². The Balaban J connectivity index is 1.53. The molecule has 23 heavy (non-hydrogen) atoms. The van der Waals surface area contributed by atoms with Crippen LogP contribution in [0.2, 0.25) is 0 Å². The van der Waals surface area contributed by atoms with Gasteiger partial charge in [0.2, 0.25) is 5.91 Å². The lowest BCUT2D eigenvalue weighted by molar-refractivity contribution is -0.131. The average molecular weight is 312 g/mol. The van der Waals surface area contributed by atoms with Crippen molar-refractivity contribution >= 4 is 11.6 Å². The largest absolute Gasteiger partial charge is 0.378 e. The SMILES string of the molecule is CN(C)c1ccc(CC(=O)N2CCC(c3ccn[nH]3)CC2)cc1. The monoisotopic (exact) mass is 312 g/mol. The molecule has 0 aliphatic carbocycles. The Bertz CT molecular complexity index is 626. The van der Waals surface area contributed by atoms with Gasteiger partial charge in [-0.3, -0.25) is 9.89 Å². The van der Waals surface area contributed by atoms with Crippen LogP contribution in [0.1, 0.15) is 30.0 Å². The van der Waals surface area contributed by atoms with Gasteiger partial charge in [0.15, 0.2) is 0 Å². The van der Waals surface area contributed by atoms with E-state index in [9.17, 15) is 4.79 Å². The number of hydrogen-bond donors (Lipinski definition) is 1. The lowest BCUT2D eigenvalue weighted by atomic mass is 9.93. The van der Waals surface area contributed by atoms with Crippen LogP contribution in [-0.2, 0) is 11.2 Å². The van der Waals surface area contributed by atoms with E-state index in [0.29, 0.717) is 12.3 Å². The zero-order chi connectivity index (χ0) is 16.2. The molecule has 2 aromatic rings. The number of rotatable bonds is 4. The maximum atomic E-state index is 12.5. The third kappa shape index (κ3) is 3.73. The Morgan fingerprint density at radius 2 is 1.91 bits per heavy atom. The summed E-state index contributed by atoms with van der Waals surface area (Å²) in [5.74, 6) is 0.728. The summed E-state index contributed by atoms with van der Waals surface area (Å²) in [5.41, 5.74) is 3.43. The Morgan fingerprint density at radius 1 is 1.22 bits per heavy atom. The molecule has 5 nitrogen and oxygen atoms in total. The molecule has 1 N–H and O–H groups in total. The molecule has 0 atom stereocenters. The number of carbonyl (C=O) groups excluding carboxylic acids is 1. The van der Waals surface area contributed by atoms with Gasteiger partial charge >= 0.3 is 0 Å². The number of anilines is 1. The van der Waals surface area contributed by atoms with Crippen LogP contribution in [0.4, 0.5) is 5.69 Å². The van der Waals surface area contributed by atoms with Gasteiger partial charge in [-0.1, -0.05) is 12.1 Å². The zero-order valence-corrected chi connectivity index (χ0v) is 13.8. The lowest BCUT2D eigenvalue weighted by Crippen LogP contribution is -2.38. The molecule has 1 aliphatic heterocycles. The van der Waals surface area contributed by atoms with E-state index >= 15 is 0 Å². The summed E-state index contributed by atoms with van der Waals surface area (Å²) < 4.78 is 0. The summed E-state index contributed by atoms with van der Waals surface area (Å²) in [6.07, 6.45) is 4.30. The van der Waals surface area contributed by atoms with Crippen LogP contribution in [0.25, 0.3) is 0 Å². The van der Waals surface area contributed by atoms with Gasteiger partial charge in [-0.05, 0) is 36.6 Å². The van der Waals surface area contributed by atoms with Crippen molar-refractivity contribution in [3.63, 3.8) is 0 Å². The predicted molar refractivity (Wildman–Crippen MR) is 91.6 cm³/mol. The first-order chi connectivity index (χ1) is 11.1. The summed E-state index contributed by atoms with van der Waals surface area (Å²) in [7, 11) is 4.04. The quantitative estimate of drug-likeness (QED) is 0.943. The molecule has 5 heteroatoms. The van der Waals surface area contributed by atoms with Crippen LogP contribution < -0.4 is 4.90 Å². The van der Waals surface area contributed by atoms with Gasteiger partial charge in [0.05, 0.1) is 6.42 Å². The molecular weight excluding hydrogens is 288 g/mol. The number of H-pyrrole nitrogens is 1. The summed E-state index contributed by atoms with van der Waals surface area (Å²) >= 11 is 0. The van der Waals surface area contributed by atoms with Crippen molar-refractivity contribution in [3.05, 3.63) is 47.8 Å². The van der Waals surface area contributed by atoms with E-state index in [0.717, 1.165) is 37.2 Å². The van der Waals surface area contributed by atoms with Gasteiger partial charge in [-0.2, -0.15) is 5.10 Å². The number of likely N-dealkylation sites (tertiary alicyclic amines) is 1. The Morgan fingerprint density at radius 3 is 2.48 bits per heavy atom. The van der Waals surface area contributed by atoms with Crippen molar-refractivity contribution in [1.82, 2.24) is 15.1 Å². The highest BCUT2D eigenvalue weighted by atomic mass is 16.2. The number of piperidine rings is 1. The fourth-order valence-electron chi connectivity index (χ4n) is 3.13. The highest BCUT2D eigenvalue weighted by Crippen LogP contribution is 2.26. The molecule has 3 rings (SSSR count). The molecule has 1 aromatic heterocycles. The van der Waals surface area contributed by atoms with E-state index < -0.39 is 0 Å². The summed E-state index contributed by atoms with van der Waals surface area (Å²) in [6, 6.07) is 10.3. The first-order valence-electron chi connectivity index (χ1n) is 8.17. The fourth-order valence-corrected chi connectivity index (χ4v) is 3.13. The first-order valence-corrected chi connectivity index (χ1v) is 8.17. The Hall–Kier alpha value is -2.30. The minimum absolute atomic E-state index is 0.227. The standard InChI is InChI=1S/C18H24N4O/c1-21(2)16-5-3-14(4-6-16)13-18(23)22-11-8-15(9-12-22)17-7-10-19-20-17/h3-7,10,15H,8-9,11-13H2,1-2H3,(H,19,20). The van der Waals surface area contributed by atoms with Crippen molar-refractivity contribution in [2.24, 2.45) is 0 Å². The normalized spacial score (nSPS) is 15.7. The van der Waals surface area contributed by atoms with Crippen LogP contribution in [-0.4, -0.2) is 48.2 Å². The molecule has 122 valence electrons. The fraction of sp³-hybridized carbons (Fsp3) is 0.444. The summed E-state index contributed by atoms with van der Waals surface area (Å²) in [4.78, 5) is 16.5. The number of aromatic nitrogens is 2. The molecule has 0 unspecified atom stereocenters. The van der Waals surface area contributed by atoms with Crippen molar-refractivity contribution < 1.29 is 4.79 Å². The predicted octanol–water partition coefficient (Wildman–Crippen LogP) is 2.42. The number of carbonyl (C=O) groups is 1. The highest BCUT2D eigenvalue weighted by Gasteiger charge is 2.24. The molecule has 1 aliphatic rings. The van der Waals surface area contributed by atoms with Gasteiger partial charge in [-0.25, -0.2) is 0 Å². The maximum absolute atomic E-state index is 12.5. The van der Waals surface area contributed by atoms with Crippen LogP contribution in [0, 0.1) is 0 Å². The molecular formula is C18H24N4O. The topological polar surface area (TPSA) is 52.2 Å². The summed E-state index contributed by atoms with van der Waals surface area (Å²) in [5, 5.41) is 7.07. The lowest BCUT2D eigenvalue weighted by Gasteiger charge is -2.31. The van der Waals surface area contributed by atoms with E-state index in [1.807, 2.05) is 37.2 Å². The minimum Gasteiger partial charge on any atom is -0.378 e. The Labute approximate surface area is 137 Å². The zero-order valence-electron chi connectivity index (χ0n) is 13.8. The number of aromatic amines is 1. The van der Waals surface area contributed by atoms with Crippen molar-refractivity contribution in [1.29, 1.82) is 0 Å². The van der Waals surface area contributed by atoms with E-state index in [4.69, 9.17) is 0 Å². The first kappa shape index (κ1) is 15.6. The molecule has 0 saturated carbocycles. The second-order valence-electron chi connectivity index (χ2n) is 6.40.